The Balaban J connectivity index is 1.61. The van der Waals surface area contributed by atoms with Crippen molar-refractivity contribution >= 4 is 5.97 Å². The molecule has 0 aliphatic heterocycles. The van der Waals surface area contributed by atoms with Crippen LogP contribution in [0.2, 0.25) is 0 Å². The van der Waals surface area contributed by atoms with Crippen molar-refractivity contribution < 1.29 is 20.1 Å². The highest BCUT2D eigenvalue weighted by molar-refractivity contribution is 5.76. The number of hydrogen-bond acceptors (Lipinski definition) is 3. The van der Waals surface area contributed by atoms with Crippen LogP contribution in [0.15, 0.2) is 11.6 Å². The molecule has 0 aromatic heterocycles. The molecule has 5 aliphatic carbocycles. The van der Waals surface area contributed by atoms with Crippen LogP contribution in [-0.4, -0.2) is 33.5 Å². The molecule has 0 unspecified atom stereocenters. The number of fused-ring (bicyclic) bond motifs is 7. The maximum atomic E-state index is 12.8. The predicted molar refractivity (Wildman–Crippen MR) is 134 cm³/mol. The lowest BCUT2D eigenvalue weighted by molar-refractivity contribution is -0.230. The SMILES string of the molecule is CC1(C)CC[C@]2(C(=O)O)CC=C3[C@]4(C)CC[C@H]5C(C)(C)[C@@H](O)C[C@@H](O)[C@]5(C)[C@H]4CC[C@@]3(C)[C@H]2C1. The van der Waals surface area contributed by atoms with E-state index in [2.05, 4.69) is 54.5 Å². The molecule has 0 aromatic rings. The first-order valence-electron chi connectivity index (χ1n) is 13.9. The lowest BCUT2D eigenvalue weighted by Gasteiger charge is -2.70. The number of hydrogen-bond donors (Lipinski definition) is 3. The fraction of sp³-hybridized carbons (Fsp3) is 0.900. The van der Waals surface area contributed by atoms with Crippen molar-refractivity contribution in [3.63, 3.8) is 0 Å². The van der Waals surface area contributed by atoms with E-state index in [-0.39, 0.29) is 38.9 Å². The first-order valence-corrected chi connectivity index (χ1v) is 13.9. The minimum absolute atomic E-state index is 0.0240. The van der Waals surface area contributed by atoms with E-state index in [1.54, 1.807) is 0 Å². The van der Waals surface area contributed by atoms with Crippen LogP contribution in [0.5, 0.6) is 0 Å². The van der Waals surface area contributed by atoms with Crippen molar-refractivity contribution in [2.24, 2.45) is 50.2 Å². The van der Waals surface area contributed by atoms with Gasteiger partial charge in [0, 0.05) is 11.8 Å². The fourth-order valence-corrected chi connectivity index (χ4v) is 10.8. The van der Waals surface area contributed by atoms with E-state index in [0.29, 0.717) is 18.8 Å². The Hall–Kier alpha value is -0.870. The molecule has 34 heavy (non-hydrogen) atoms. The highest BCUT2D eigenvalue weighted by Crippen LogP contribution is 2.75. The second-order valence-corrected chi connectivity index (χ2v) is 15.2. The van der Waals surface area contributed by atoms with Gasteiger partial charge in [0.15, 0.2) is 0 Å². The van der Waals surface area contributed by atoms with Crippen LogP contribution < -0.4 is 0 Å². The number of aliphatic hydroxyl groups excluding tert-OH is 2. The lowest BCUT2D eigenvalue weighted by atomic mass is 9.34. The molecule has 0 heterocycles. The number of aliphatic hydroxyl groups is 2. The van der Waals surface area contributed by atoms with E-state index < -0.39 is 23.6 Å². The number of carboxylic acids is 1. The third-order valence-electron chi connectivity index (χ3n) is 12.9. The molecule has 0 aromatic carbocycles. The second-order valence-electron chi connectivity index (χ2n) is 15.2. The Morgan fingerprint density at radius 1 is 0.824 bits per heavy atom. The van der Waals surface area contributed by atoms with Crippen LogP contribution in [0.25, 0.3) is 0 Å². The molecule has 0 saturated heterocycles. The van der Waals surface area contributed by atoms with Gasteiger partial charge in [-0.15, -0.1) is 0 Å². The molecule has 5 aliphatic rings. The summed E-state index contributed by atoms with van der Waals surface area (Å²) in [5, 5.41) is 32.9. The first kappa shape index (κ1) is 24.8. The zero-order valence-corrected chi connectivity index (χ0v) is 22.6. The van der Waals surface area contributed by atoms with Gasteiger partial charge < -0.3 is 15.3 Å². The molecule has 4 nitrogen and oxygen atoms in total. The van der Waals surface area contributed by atoms with E-state index >= 15 is 0 Å². The largest absolute Gasteiger partial charge is 0.481 e. The molecular formula is C30H48O4. The fourth-order valence-electron chi connectivity index (χ4n) is 10.8. The van der Waals surface area contributed by atoms with E-state index in [1.165, 1.54) is 5.57 Å². The quantitative estimate of drug-likeness (QED) is 0.397. The molecule has 192 valence electrons. The van der Waals surface area contributed by atoms with Crippen molar-refractivity contribution in [2.45, 2.75) is 118 Å². The lowest BCUT2D eigenvalue weighted by Crippen LogP contribution is -2.67. The average molecular weight is 473 g/mol. The van der Waals surface area contributed by atoms with Crippen LogP contribution in [0.3, 0.4) is 0 Å². The molecule has 9 atom stereocenters. The summed E-state index contributed by atoms with van der Waals surface area (Å²) < 4.78 is 0. The number of rotatable bonds is 1. The Morgan fingerprint density at radius 2 is 1.41 bits per heavy atom. The highest BCUT2D eigenvalue weighted by Gasteiger charge is 2.70. The second kappa shape index (κ2) is 7.12. The Labute approximate surface area is 206 Å². The predicted octanol–water partition coefficient (Wildman–Crippen LogP) is 6.20. The summed E-state index contributed by atoms with van der Waals surface area (Å²) in [6.07, 6.45) is 9.40. The van der Waals surface area contributed by atoms with Gasteiger partial charge in [0.2, 0.25) is 0 Å². The summed E-state index contributed by atoms with van der Waals surface area (Å²) in [7, 11) is 0. The Bertz CT molecular complexity index is 919. The molecule has 5 rings (SSSR count). The van der Waals surface area contributed by atoms with Crippen LogP contribution in [0, 0.1) is 50.2 Å². The molecule has 3 N–H and O–H groups in total. The average Bonchev–Trinajstić information content (AvgIpc) is 2.72. The van der Waals surface area contributed by atoms with Crippen LogP contribution in [0.4, 0.5) is 0 Å². The summed E-state index contributed by atoms with van der Waals surface area (Å²) in [6, 6.07) is 0. The third-order valence-corrected chi connectivity index (χ3v) is 12.9. The zero-order valence-electron chi connectivity index (χ0n) is 22.6. The summed E-state index contributed by atoms with van der Waals surface area (Å²) in [6.45, 7) is 16.2. The number of aliphatic carboxylic acids is 1. The smallest absolute Gasteiger partial charge is 0.310 e. The number of carboxylic acid groups (broad SMARTS) is 1. The summed E-state index contributed by atoms with van der Waals surface area (Å²) in [5.41, 5.74) is 0.492. The van der Waals surface area contributed by atoms with E-state index in [4.69, 9.17) is 0 Å². The highest BCUT2D eigenvalue weighted by atomic mass is 16.4. The Morgan fingerprint density at radius 3 is 2.03 bits per heavy atom. The van der Waals surface area contributed by atoms with Crippen molar-refractivity contribution in [2.75, 3.05) is 0 Å². The van der Waals surface area contributed by atoms with Gasteiger partial charge in [-0.3, -0.25) is 4.79 Å². The third kappa shape index (κ3) is 2.88. The summed E-state index contributed by atoms with van der Waals surface area (Å²) in [5.74, 6) is 0.218. The molecule has 0 spiro atoms. The van der Waals surface area contributed by atoms with Gasteiger partial charge in [-0.05, 0) is 90.8 Å². The minimum atomic E-state index is -0.630. The number of allylic oxidation sites excluding steroid dienone is 2. The van der Waals surface area contributed by atoms with Gasteiger partial charge in [-0.25, -0.2) is 0 Å². The van der Waals surface area contributed by atoms with Gasteiger partial charge in [0.05, 0.1) is 17.6 Å². The van der Waals surface area contributed by atoms with E-state index in [0.717, 1.165) is 44.9 Å². The van der Waals surface area contributed by atoms with Gasteiger partial charge in [0.1, 0.15) is 0 Å². The maximum Gasteiger partial charge on any atom is 0.310 e. The molecule has 0 amide bonds. The Kier molecular flexibility index (Phi) is 5.20. The van der Waals surface area contributed by atoms with Gasteiger partial charge >= 0.3 is 5.97 Å². The van der Waals surface area contributed by atoms with Crippen LogP contribution in [-0.2, 0) is 4.79 Å². The minimum Gasteiger partial charge on any atom is -0.481 e. The molecule has 4 heteroatoms. The topological polar surface area (TPSA) is 77.8 Å². The van der Waals surface area contributed by atoms with Crippen molar-refractivity contribution in [3.8, 4) is 0 Å². The molecule has 4 saturated carbocycles. The zero-order chi connectivity index (χ0) is 25.1. The summed E-state index contributed by atoms with van der Waals surface area (Å²) in [4.78, 5) is 12.8. The first-order chi connectivity index (χ1) is 15.6. The van der Waals surface area contributed by atoms with E-state index in [1.807, 2.05) is 0 Å². The van der Waals surface area contributed by atoms with Crippen LogP contribution in [0.1, 0.15) is 106 Å². The monoisotopic (exact) mass is 472 g/mol. The number of carbonyl (C=O) groups is 1. The molecule has 0 radical (unpaired) electrons. The van der Waals surface area contributed by atoms with E-state index in [9.17, 15) is 20.1 Å². The summed E-state index contributed by atoms with van der Waals surface area (Å²) >= 11 is 0. The van der Waals surface area contributed by atoms with Crippen molar-refractivity contribution in [1.29, 1.82) is 0 Å². The molecular weight excluding hydrogens is 424 g/mol. The van der Waals surface area contributed by atoms with Crippen molar-refractivity contribution in [3.05, 3.63) is 11.6 Å². The van der Waals surface area contributed by atoms with Gasteiger partial charge in [-0.1, -0.05) is 60.1 Å². The van der Waals surface area contributed by atoms with Crippen LogP contribution >= 0.6 is 0 Å². The van der Waals surface area contributed by atoms with Gasteiger partial charge in [0.25, 0.3) is 0 Å². The maximum absolute atomic E-state index is 12.8. The normalized spacial score (nSPS) is 53.4. The van der Waals surface area contributed by atoms with Crippen molar-refractivity contribution in [1.82, 2.24) is 0 Å². The standard InChI is InChI=1S/C30H48O4/c1-25(2)14-15-30(24(33)34)13-10-19-27(5)11-8-18-26(3,4)22(31)16-23(32)29(18,7)20(27)9-12-28(19,6)21(30)17-25/h10,18,20-23,31-32H,8-9,11-17H2,1-7H3,(H,33,34)/t18-,20-,21+,22-,23+,27-,28+,29-,30+/m0/s1. The molecule has 4 fully saturated rings. The van der Waals surface area contributed by atoms with Gasteiger partial charge in [-0.2, -0.15) is 0 Å². The molecule has 0 bridgehead atoms.